The highest BCUT2D eigenvalue weighted by molar-refractivity contribution is 6.67. The molecule has 0 aliphatic heterocycles. The first-order valence-corrected chi connectivity index (χ1v) is 6.17. The van der Waals surface area contributed by atoms with E-state index in [-0.39, 0.29) is 5.92 Å². The van der Waals surface area contributed by atoms with Crippen molar-refractivity contribution in [2.45, 2.75) is 17.6 Å². The fourth-order valence-corrected chi connectivity index (χ4v) is 1.85. The number of rotatable bonds is 2. The molecule has 0 heterocycles. The molecular weight excluding hydrogens is 302 g/mol. The number of carbonyl (C=O) groups is 2. The summed E-state index contributed by atoms with van der Waals surface area (Å²) in [5.41, 5.74) is -0.436. The molecule has 0 amide bonds. The Labute approximate surface area is 120 Å². The number of esters is 1. The number of carboxylic acid groups (broad SMARTS) is 1. The van der Waals surface area contributed by atoms with Crippen molar-refractivity contribution in [3.63, 3.8) is 0 Å². The number of halogens is 3. The molecule has 7 heteroatoms. The zero-order chi connectivity index (χ0) is 14.1. The Morgan fingerprint density at radius 2 is 1.94 bits per heavy atom. The largest absolute Gasteiger partial charge is 0.481 e. The van der Waals surface area contributed by atoms with Crippen molar-refractivity contribution in [2.75, 3.05) is 6.61 Å². The summed E-state index contributed by atoms with van der Waals surface area (Å²) in [5, 5.41) is 8.90. The average Bonchev–Trinajstić information content (AvgIpc) is 2.73. The van der Waals surface area contributed by atoms with Crippen LogP contribution in [0.2, 0.25) is 0 Å². The van der Waals surface area contributed by atoms with Gasteiger partial charge in [-0.3, -0.25) is 4.79 Å². The summed E-state index contributed by atoms with van der Waals surface area (Å²) in [6, 6.07) is 0. The summed E-state index contributed by atoms with van der Waals surface area (Å²) in [6.45, 7) is 3.15. The monoisotopic (exact) mass is 312 g/mol. The summed E-state index contributed by atoms with van der Waals surface area (Å²) in [7, 11) is 0. The van der Waals surface area contributed by atoms with Gasteiger partial charge in [0.1, 0.15) is 6.61 Å². The Balaban J connectivity index is 2.53. The third-order valence-electron chi connectivity index (χ3n) is 2.79. The molecule has 0 aromatic carbocycles. The van der Waals surface area contributed by atoms with Crippen molar-refractivity contribution in [3.05, 3.63) is 0 Å². The van der Waals surface area contributed by atoms with Crippen molar-refractivity contribution >= 4 is 46.7 Å². The van der Waals surface area contributed by atoms with Gasteiger partial charge in [0.25, 0.3) is 0 Å². The van der Waals surface area contributed by atoms with Crippen LogP contribution in [0.5, 0.6) is 0 Å². The lowest BCUT2D eigenvalue weighted by Gasteiger charge is -2.08. The number of aliphatic carboxylic acids is 1. The maximum absolute atomic E-state index is 11.2. The highest BCUT2D eigenvalue weighted by Crippen LogP contribution is 2.57. The molecule has 1 fully saturated rings. The molecule has 1 N–H and O–H groups in total. The van der Waals surface area contributed by atoms with Crippen LogP contribution in [0.15, 0.2) is 0 Å². The van der Waals surface area contributed by atoms with E-state index >= 15 is 0 Å². The van der Waals surface area contributed by atoms with E-state index < -0.39 is 33.7 Å². The van der Waals surface area contributed by atoms with Crippen LogP contribution in [0.1, 0.15) is 13.8 Å². The second-order valence-electron chi connectivity index (χ2n) is 4.58. The minimum absolute atomic E-state index is 0.365. The summed E-state index contributed by atoms with van der Waals surface area (Å²) in [6.07, 6.45) is 0. The highest BCUT2D eigenvalue weighted by atomic mass is 35.6. The molecule has 1 saturated carbocycles. The number of hydrogen-bond donors (Lipinski definition) is 1. The van der Waals surface area contributed by atoms with Gasteiger partial charge >= 0.3 is 11.9 Å². The lowest BCUT2D eigenvalue weighted by molar-refractivity contribution is -0.139. The molecule has 100 valence electrons. The Hall–Kier alpha value is -0.630. The molecule has 0 spiro atoms. The molecular formula is C11H11Cl3O4. The van der Waals surface area contributed by atoms with Gasteiger partial charge in [0.05, 0.1) is 5.92 Å². The first-order chi connectivity index (χ1) is 8.05. The highest BCUT2D eigenvalue weighted by Gasteiger charge is 2.61. The molecule has 0 bridgehead atoms. The summed E-state index contributed by atoms with van der Waals surface area (Å²) >= 11 is 16.2. The van der Waals surface area contributed by atoms with Gasteiger partial charge < -0.3 is 9.84 Å². The van der Waals surface area contributed by atoms with Crippen molar-refractivity contribution in [2.24, 2.45) is 17.3 Å². The van der Waals surface area contributed by atoms with Crippen LogP contribution in [0.4, 0.5) is 0 Å². The minimum atomic E-state index is -1.68. The third kappa shape index (κ3) is 3.94. The Bertz CT molecular complexity index is 428. The molecule has 0 aromatic rings. The zero-order valence-corrected chi connectivity index (χ0v) is 11.9. The Morgan fingerprint density at radius 3 is 2.33 bits per heavy atom. The molecule has 1 aliphatic rings. The lowest BCUT2D eigenvalue weighted by atomic mass is 10.1. The van der Waals surface area contributed by atoms with Crippen LogP contribution in [0, 0.1) is 29.1 Å². The quantitative estimate of drug-likeness (QED) is 0.368. The van der Waals surface area contributed by atoms with Gasteiger partial charge in [-0.2, -0.15) is 0 Å². The van der Waals surface area contributed by atoms with Gasteiger partial charge in [-0.15, -0.1) is 0 Å². The van der Waals surface area contributed by atoms with E-state index in [0.717, 1.165) is 0 Å². The molecule has 0 radical (unpaired) electrons. The predicted molar refractivity (Wildman–Crippen MR) is 67.4 cm³/mol. The standard InChI is InChI=1S/C11H11Cl3O4/c1-10(2)6(8(10)9(16)17)3-4-7(15)18-5-11(12,13)14/h6,8H,5H2,1-2H3,(H,16,17)/t6-,8-/m0/s1. The van der Waals surface area contributed by atoms with E-state index in [1.54, 1.807) is 13.8 Å². The first-order valence-electron chi connectivity index (χ1n) is 5.03. The van der Waals surface area contributed by atoms with E-state index in [2.05, 4.69) is 16.6 Å². The molecule has 0 saturated heterocycles. The molecule has 1 rings (SSSR count). The predicted octanol–water partition coefficient (Wildman–Crippen LogP) is 2.26. The number of carboxylic acids is 1. The van der Waals surface area contributed by atoms with E-state index in [9.17, 15) is 9.59 Å². The lowest BCUT2D eigenvalue weighted by Crippen LogP contribution is -2.16. The topological polar surface area (TPSA) is 63.6 Å². The van der Waals surface area contributed by atoms with Crippen molar-refractivity contribution in [1.82, 2.24) is 0 Å². The number of ether oxygens (including phenoxy) is 1. The molecule has 2 atom stereocenters. The molecule has 4 nitrogen and oxygen atoms in total. The van der Waals surface area contributed by atoms with Crippen LogP contribution >= 0.6 is 34.8 Å². The molecule has 0 aromatic heterocycles. The van der Waals surface area contributed by atoms with E-state index in [1.165, 1.54) is 0 Å². The van der Waals surface area contributed by atoms with Gasteiger partial charge in [0.15, 0.2) is 0 Å². The number of hydrogen-bond acceptors (Lipinski definition) is 3. The summed E-state index contributed by atoms with van der Waals surface area (Å²) in [5.74, 6) is 2.10. The van der Waals surface area contributed by atoms with Crippen LogP contribution in [-0.2, 0) is 14.3 Å². The Kier molecular flexibility index (Phi) is 4.42. The summed E-state index contributed by atoms with van der Waals surface area (Å²) in [4.78, 5) is 22.0. The second-order valence-corrected chi connectivity index (χ2v) is 7.09. The second kappa shape index (κ2) is 5.16. The van der Waals surface area contributed by atoms with Crippen LogP contribution in [-0.4, -0.2) is 27.4 Å². The minimum Gasteiger partial charge on any atom is -0.481 e. The third-order valence-corrected chi connectivity index (χ3v) is 3.12. The average molecular weight is 314 g/mol. The maximum atomic E-state index is 11.2. The van der Waals surface area contributed by atoms with Crippen LogP contribution in [0.25, 0.3) is 0 Å². The number of carbonyl (C=O) groups excluding carboxylic acids is 1. The zero-order valence-electron chi connectivity index (χ0n) is 9.67. The van der Waals surface area contributed by atoms with E-state index in [4.69, 9.17) is 39.9 Å². The van der Waals surface area contributed by atoms with Crippen molar-refractivity contribution in [1.29, 1.82) is 0 Å². The SMILES string of the molecule is CC1(C)[C@H](C(=O)O)[C@@H]1C#CC(=O)OCC(Cl)(Cl)Cl. The number of alkyl halides is 3. The van der Waals surface area contributed by atoms with Crippen molar-refractivity contribution in [3.8, 4) is 11.8 Å². The maximum Gasteiger partial charge on any atom is 0.384 e. The smallest absolute Gasteiger partial charge is 0.384 e. The van der Waals surface area contributed by atoms with Gasteiger partial charge in [0.2, 0.25) is 3.79 Å². The van der Waals surface area contributed by atoms with Crippen molar-refractivity contribution < 1.29 is 19.4 Å². The first kappa shape index (κ1) is 15.4. The fourth-order valence-electron chi connectivity index (χ4n) is 1.69. The normalized spacial score (nSPS) is 24.7. The summed E-state index contributed by atoms with van der Waals surface area (Å²) < 4.78 is 2.91. The van der Waals surface area contributed by atoms with Crippen LogP contribution < -0.4 is 0 Å². The molecule has 1 aliphatic carbocycles. The van der Waals surface area contributed by atoms with Gasteiger partial charge in [-0.05, 0) is 5.41 Å². The van der Waals surface area contributed by atoms with Crippen LogP contribution in [0.3, 0.4) is 0 Å². The Morgan fingerprint density at radius 1 is 1.39 bits per heavy atom. The van der Waals surface area contributed by atoms with E-state index in [1.807, 2.05) is 0 Å². The van der Waals surface area contributed by atoms with E-state index in [0.29, 0.717) is 0 Å². The fraction of sp³-hybridized carbons (Fsp3) is 0.636. The molecule has 18 heavy (non-hydrogen) atoms. The van der Waals surface area contributed by atoms with Gasteiger partial charge in [-0.1, -0.05) is 54.6 Å². The van der Waals surface area contributed by atoms with Gasteiger partial charge in [-0.25, -0.2) is 4.79 Å². The van der Waals surface area contributed by atoms with Gasteiger partial charge in [0, 0.05) is 11.8 Å². The molecule has 0 unspecified atom stereocenters.